The summed E-state index contributed by atoms with van der Waals surface area (Å²) in [6.07, 6.45) is -0.0671. The highest BCUT2D eigenvalue weighted by atomic mass is 35.5. The first-order valence-electron chi connectivity index (χ1n) is 6.47. The fourth-order valence-corrected chi connectivity index (χ4v) is 3.28. The van der Waals surface area contributed by atoms with Gasteiger partial charge < -0.3 is 15.9 Å². The van der Waals surface area contributed by atoms with Crippen LogP contribution in [-0.4, -0.2) is 28.7 Å². The zero-order valence-corrected chi connectivity index (χ0v) is 14.2. The van der Waals surface area contributed by atoms with Crippen molar-refractivity contribution in [2.75, 3.05) is 6.54 Å². The number of nitrogens with two attached hydrogens (primary N) is 1. The lowest BCUT2D eigenvalue weighted by molar-refractivity contribution is -0.137. The molecule has 0 saturated carbocycles. The molecule has 0 unspecified atom stereocenters. The summed E-state index contributed by atoms with van der Waals surface area (Å²) in [5, 5.41) is 18.4. The van der Waals surface area contributed by atoms with E-state index in [1.165, 1.54) is 6.07 Å². The molecule has 0 radical (unpaired) electrons. The lowest BCUT2D eigenvalue weighted by Gasteiger charge is -2.14. The summed E-state index contributed by atoms with van der Waals surface area (Å²) in [6, 6.07) is 8.41. The molecule has 0 saturated heterocycles. The number of carbonyl (C=O) groups is 2. The molecule has 0 spiro atoms. The third-order valence-corrected chi connectivity index (χ3v) is 4.69. The molecule has 1 aromatic heterocycles. The third kappa shape index (κ3) is 4.68. The Kier molecular flexibility index (Phi) is 7.02. The molecule has 4 N–H and O–H groups in total. The molecule has 5 nitrogen and oxygen atoms in total. The minimum absolute atomic E-state index is 0. The Morgan fingerprint density at radius 1 is 1.22 bits per heavy atom. The Balaban J connectivity index is 0.00000264. The van der Waals surface area contributed by atoms with E-state index in [1.807, 2.05) is 0 Å². The molecular formula is C15H15Cl2NO4S. The van der Waals surface area contributed by atoms with Crippen LogP contribution >= 0.6 is 35.3 Å². The van der Waals surface area contributed by atoms with Gasteiger partial charge in [-0.25, -0.2) is 4.79 Å². The molecule has 1 atom stereocenters. The van der Waals surface area contributed by atoms with Crippen LogP contribution in [0.25, 0.3) is 10.4 Å². The lowest BCUT2D eigenvalue weighted by Crippen LogP contribution is -2.16. The number of hydrogen-bond donors (Lipinski definition) is 3. The summed E-state index contributed by atoms with van der Waals surface area (Å²) < 4.78 is 0. The first kappa shape index (κ1) is 19.4. The molecule has 1 aromatic carbocycles. The zero-order chi connectivity index (χ0) is 16.3. The summed E-state index contributed by atoms with van der Waals surface area (Å²) >= 11 is 7.30. The maximum atomic E-state index is 11.0. The standard InChI is InChI=1S/C15H14ClNO4S.ClH/c16-11-2-1-8(9(7-17)6-14(18)19)5-10(11)12-3-4-13(22-12)15(20)21;/h1-5,9H,6-7,17H2,(H,18,19)(H,20,21);1H/t9-;/m0./s1. The van der Waals surface area contributed by atoms with Crippen molar-refractivity contribution in [1.82, 2.24) is 0 Å². The Bertz CT molecular complexity index is 717. The van der Waals surface area contributed by atoms with Crippen molar-refractivity contribution in [3.63, 3.8) is 0 Å². The minimum atomic E-state index is -0.991. The third-order valence-electron chi connectivity index (χ3n) is 3.25. The molecule has 0 fully saturated rings. The van der Waals surface area contributed by atoms with Crippen LogP contribution < -0.4 is 5.73 Å². The predicted molar refractivity (Wildman–Crippen MR) is 93.0 cm³/mol. The Morgan fingerprint density at radius 3 is 2.43 bits per heavy atom. The van der Waals surface area contributed by atoms with Crippen LogP contribution in [0.5, 0.6) is 0 Å². The van der Waals surface area contributed by atoms with Crippen LogP contribution in [0.1, 0.15) is 27.6 Å². The van der Waals surface area contributed by atoms with Crippen LogP contribution in [0.4, 0.5) is 0 Å². The molecule has 0 aliphatic carbocycles. The predicted octanol–water partition coefficient (Wildman–Crippen LogP) is 3.71. The number of aromatic carboxylic acids is 1. The van der Waals surface area contributed by atoms with Gasteiger partial charge in [0.1, 0.15) is 4.88 Å². The smallest absolute Gasteiger partial charge is 0.345 e. The molecule has 2 rings (SSSR count). The van der Waals surface area contributed by atoms with Gasteiger partial charge in [-0.2, -0.15) is 0 Å². The first-order chi connectivity index (χ1) is 10.4. The molecule has 8 heteroatoms. The van der Waals surface area contributed by atoms with Crippen molar-refractivity contribution in [3.05, 3.63) is 45.8 Å². The first-order valence-corrected chi connectivity index (χ1v) is 7.66. The van der Waals surface area contributed by atoms with E-state index >= 15 is 0 Å². The van der Waals surface area contributed by atoms with Crippen molar-refractivity contribution < 1.29 is 19.8 Å². The van der Waals surface area contributed by atoms with Crippen LogP contribution in [-0.2, 0) is 4.79 Å². The van der Waals surface area contributed by atoms with E-state index in [0.717, 1.165) is 21.8 Å². The van der Waals surface area contributed by atoms with E-state index in [1.54, 1.807) is 24.3 Å². The number of carboxylic acid groups (broad SMARTS) is 2. The van der Waals surface area contributed by atoms with Gasteiger partial charge in [-0.3, -0.25) is 4.79 Å². The topological polar surface area (TPSA) is 101 Å². The maximum Gasteiger partial charge on any atom is 0.345 e. The fourth-order valence-electron chi connectivity index (χ4n) is 2.13. The second kappa shape index (κ2) is 8.31. The molecule has 0 aliphatic heterocycles. The summed E-state index contributed by atoms with van der Waals surface area (Å²) in [4.78, 5) is 22.8. The van der Waals surface area contributed by atoms with Gasteiger partial charge in [-0.1, -0.05) is 17.7 Å². The van der Waals surface area contributed by atoms with Crippen molar-refractivity contribution in [2.24, 2.45) is 5.73 Å². The van der Waals surface area contributed by atoms with Gasteiger partial charge >= 0.3 is 11.9 Å². The summed E-state index contributed by atoms with van der Waals surface area (Å²) in [5.74, 6) is -2.22. The summed E-state index contributed by atoms with van der Waals surface area (Å²) in [7, 11) is 0. The molecule has 0 amide bonds. The van der Waals surface area contributed by atoms with Gasteiger partial charge in [0.25, 0.3) is 0 Å². The minimum Gasteiger partial charge on any atom is -0.481 e. The average molecular weight is 376 g/mol. The van der Waals surface area contributed by atoms with Gasteiger partial charge in [0.2, 0.25) is 0 Å². The van der Waals surface area contributed by atoms with Crippen LogP contribution in [0, 0.1) is 0 Å². The van der Waals surface area contributed by atoms with Crippen LogP contribution in [0.2, 0.25) is 5.02 Å². The fraction of sp³-hybridized carbons (Fsp3) is 0.200. The highest BCUT2D eigenvalue weighted by Crippen LogP contribution is 2.36. The largest absolute Gasteiger partial charge is 0.481 e. The maximum absolute atomic E-state index is 11.0. The summed E-state index contributed by atoms with van der Waals surface area (Å²) in [5.41, 5.74) is 7.11. The SMILES string of the molecule is Cl.NC[C@H](CC(=O)O)c1ccc(Cl)c(-c2ccc(C(=O)O)s2)c1. The van der Waals surface area contributed by atoms with Gasteiger partial charge in [0.05, 0.1) is 6.42 Å². The molecule has 0 aliphatic rings. The van der Waals surface area contributed by atoms with Gasteiger partial charge in [-0.15, -0.1) is 23.7 Å². The Labute approximate surface area is 148 Å². The van der Waals surface area contributed by atoms with E-state index in [9.17, 15) is 9.59 Å². The van der Waals surface area contributed by atoms with Crippen molar-refractivity contribution in [1.29, 1.82) is 0 Å². The second-order valence-electron chi connectivity index (χ2n) is 4.74. The monoisotopic (exact) mass is 375 g/mol. The van der Waals surface area contributed by atoms with Gasteiger partial charge in [0, 0.05) is 21.4 Å². The lowest BCUT2D eigenvalue weighted by atomic mass is 9.94. The molecular weight excluding hydrogens is 361 g/mol. The van der Waals surface area contributed by atoms with E-state index in [0.29, 0.717) is 10.6 Å². The number of aliphatic carboxylic acids is 1. The number of halogens is 2. The zero-order valence-electron chi connectivity index (χ0n) is 11.9. The Hall–Kier alpha value is -1.60. The highest BCUT2D eigenvalue weighted by Gasteiger charge is 2.17. The number of carboxylic acids is 2. The number of rotatable bonds is 6. The van der Waals surface area contributed by atoms with Crippen molar-refractivity contribution >= 4 is 47.3 Å². The molecule has 2 aromatic rings. The molecule has 124 valence electrons. The number of benzene rings is 1. The second-order valence-corrected chi connectivity index (χ2v) is 6.23. The van der Waals surface area contributed by atoms with Crippen LogP contribution in [0.15, 0.2) is 30.3 Å². The van der Waals surface area contributed by atoms with E-state index in [4.69, 9.17) is 27.5 Å². The molecule has 23 heavy (non-hydrogen) atoms. The van der Waals surface area contributed by atoms with Crippen LogP contribution in [0.3, 0.4) is 0 Å². The van der Waals surface area contributed by atoms with E-state index in [2.05, 4.69) is 0 Å². The summed E-state index contributed by atoms with van der Waals surface area (Å²) in [6.45, 7) is 0.207. The quantitative estimate of drug-likeness (QED) is 0.714. The molecule has 0 bridgehead atoms. The van der Waals surface area contributed by atoms with E-state index < -0.39 is 11.9 Å². The van der Waals surface area contributed by atoms with Crippen molar-refractivity contribution in [3.8, 4) is 10.4 Å². The molecule has 1 heterocycles. The van der Waals surface area contributed by atoms with E-state index in [-0.39, 0.29) is 36.2 Å². The number of thiophene rings is 1. The van der Waals surface area contributed by atoms with Gasteiger partial charge in [0.15, 0.2) is 0 Å². The highest BCUT2D eigenvalue weighted by molar-refractivity contribution is 7.17. The van der Waals surface area contributed by atoms with Crippen molar-refractivity contribution in [2.45, 2.75) is 12.3 Å². The Morgan fingerprint density at radius 2 is 1.91 bits per heavy atom. The number of hydrogen-bond acceptors (Lipinski definition) is 4. The van der Waals surface area contributed by atoms with Gasteiger partial charge in [-0.05, 0) is 36.4 Å². The average Bonchev–Trinajstić information content (AvgIpc) is 2.95. The normalized spacial score (nSPS) is 11.6.